The van der Waals surface area contributed by atoms with Crippen molar-refractivity contribution in [2.45, 2.75) is 45.1 Å². The average Bonchev–Trinajstić information content (AvgIpc) is 2.84. The van der Waals surface area contributed by atoms with E-state index >= 15 is 0 Å². The Morgan fingerprint density at radius 2 is 2.05 bits per heavy atom. The molecule has 1 unspecified atom stereocenters. The molecule has 2 amide bonds. The molecule has 112 valence electrons. The highest BCUT2D eigenvalue weighted by Gasteiger charge is 2.33. The largest absolute Gasteiger partial charge is 0.354 e. The summed E-state index contributed by atoms with van der Waals surface area (Å²) in [6.45, 7) is 4.28. The first-order valence-electron chi connectivity index (χ1n) is 6.92. The van der Waals surface area contributed by atoms with E-state index in [1.807, 2.05) is 14.0 Å². The quantitative estimate of drug-likeness (QED) is 0.686. The summed E-state index contributed by atoms with van der Waals surface area (Å²) in [4.78, 5) is 25.6. The molecule has 1 rings (SSSR count). The smallest absolute Gasteiger partial charge is 0.242 e. The molecule has 5 nitrogen and oxygen atoms in total. The van der Waals surface area contributed by atoms with Gasteiger partial charge in [-0.2, -0.15) is 0 Å². The molecule has 0 aliphatic carbocycles. The van der Waals surface area contributed by atoms with Crippen LogP contribution in [0.15, 0.2) is 0 Å². The predicted molar refractivity (Wildman–Crippen MR) is 78.4 cm³/mol. The number of hydrogen-bond donors (Lipinski definition) is 2. The normalized spacial score (nSPS) is 18.0. The summed E-state index contributed by atoms with van der Waals surface area (Å²) in [5, 5.41) is 5.95. The molecule has 1 saturated heterocycles. The van der Waals surface area contributed by atoms with Gasteiger partial charge in [0.1, 0.15) is 6.04 Å². The van der Waals surface area contributed by atoms with Gasteiger partial charge in [-0.1, -0.05) is 6.92 Å². The third kappa shape index (κ3) is 5.78. The number of hydrogen-bond acceptors (Lipinski definition) is 3. The number of amides is 2. The fourth-order valence-electron chi connectivity index (χ4n) is 2.29. The van der Waals surface area contributed by atoms with Gasteiger partial charge in [0.05, 0.1) is 0 Å². The van der Waals surface area contributed by atoms with Crippen LogP contribution in [0.2, 0.25) is 0 Å². The molecule has 0 bridgehead atoms. The number of rotatable bonds is 7. The van der Waals surface area contributed by atoms with Crippen molar-refractivity contribution in [2.75, 3.05) is 26.7 Å². The first-order valence-corrected chi connectivity index (χ1v) is 6.92. The SMILES string of the molecule is CCCC(=O)N1CCCC1C(=O)NCCCNC.Cl. The topological polar surface area (TPSA) is 61.4 Å². The van der Waals surface area contributed by atoms with Crippen LogP contribution in [0.5, 0.6) is 0 Å². The van der Waals surface area contributed by atoms with E-state index in [4.69, 9.17) is 0 Å². The van der Waals surface area contributed by atoms with E-state index in [1.54, 1.807) is 4.90 Å². The molecule has 1 aliphatic heterocycles. The molecule has 1 aliphatic rings. The van der Waals surface area contributed by atoms with Crippen molar-refractivity contribution in [3.8, 4) is 0 Å². The molecule has 19 heavy (non-hydrogen) atoms. The van der Waals surface area contributed by atoms with E-state index in [9.17, 15) is 9.59 Å². The minimum Gasteiger partial charge on any atom is -0.354 e. The lowest BCUT2D eigenvalue weighted by molar-refractivity contribution is -0.138. The number of carbonyl (C=O) groups is 2. The van der Waals surface area contributed by atoms with Gasteiger partial charge < -0.3 is 15.5 Å². The molecule has 1 fully saturated rings. The minimum absolute atomic E-state index is 0. The van der Waals surface area contributed by atoms with Gasteiger partial charge in [0.25, 0.3) is 0 Å². The van der Waals surface area contributed by atoms with E-state index in [0.29, 0.717) is 13.0 Å². The molecule has 1 atom stereocenters. The summed E-state index contributed by atoms with van der Waals surface area (Å²) in [6, 6.07) is -0.237. The fraction of sp³-hybridized carbons (Fsp3) is 0.846. The van der Waals surface area contributed by atoms with Crippen LogP contribution in [0.25, 0.3) is 0 Å². The van der Waals surface area contributed by atoms with Crippen LogP contribution in [-0.4, -0.2) is 49.4 Å². The predicted octanol–water partition coefficient (Wildman–Crippen LogP) is 0.925. The Balaban J connectivity index is 0.00000324. The third-order valence-corrected chi connectivity index (χ3v) is 3.24. The first kappa shape index (κ1) is 18.2. The van der Waals surface area contributed by atoms with Gasteiger partial charge in [0.2, 0.25) is 11.8 Å². The summed E-state index contributed by atoms with van der Waals surface area (Å²) in [5.41, 5.74) is 0. The summed E-state index contributed by atoms with van der Waals surface area (Å²) >= 11 is 0. The van der Waals surface area contributed by atoms with Gasteiger partial charge in [-0.25, -0.2) is 0 Å². The summed E-state index contributed by atoms with van der Waals surface area (Å²) < 4.78 is 0. The maximum absolute atomic E-state index is 12.0. The second-order valence-electron chi connectivity index (χ2n) is 4.74. The van der Waals surface area contributed by atoms with Crippen LogP contribution >= 0.6 is 12.4 Å². The number of nitrogens with one attached hydrogen (secondary N) is 2. The van der Waals surface area contributed by atoms with Crippen LogP contribution in [0, 0.1) is 0 Å². The van der Waals surface area contributed by atoms with E-state index < -0.39 is 0 Å². The van der Waals surface area contributed by atoms with Gasteiger partial charge in [-0.3, -0.25) is 9.59 Å². The standard InChI is InChI=1S/C13H25N3O2.ClH/c1-3-6-12(17)16-10-4-7-11(16)13(18)15-9-5-8-14-2;/h11,14H,3-10H2,1-2H3,(H,15,18);1H. The van der Waals surface area contributed by atoms with Crippen LogP contribution in [-0.2, 0) is 9.59 Å². The number of likely N-dealkylation sites (tertiary alicyclic amines) is 1. The Kier molecular flexibility index (Phi) is 9.61. The molecule has 2 N–H and O–H groups in total. The van der Waals surface area contributed by atoms with Crippen LogP contribution in [0.3, 0.4) is 0 Å². The Bertz CT molecular complexity index is 287. The van der Waals surface area contributed by atoms with E-state index in [0.717, 1.165) is 38.8 Å². The summed E-state index contributed by atoms with van der Waals surface area (Å²) in [5.74, 6) is 0.124. The lowest BCUT2D eigenvalue weighted by atomic mass is 10.2. The van der Waals surface area contributed by atoms with Crippen molar-refractivity contribution in [3.05, 3.63) is 0 Å². The lowest BCUT2D eigenvalue weighted by Gasteiger charge is -2.23. The van der Waals surface area contributed by atoms with Gasteiger partial charge in [0.15, 0.2) is 0 Å². The van der Waals surface area contributed by atoms with Crippen molar-refractivity contribution in [3.63, 3.8) is 0 Å². The molecule has 1 heterocycles. The number of halogens is 1. The van der Waals surface area contributed by atoms with Crippen LogP contribution < -0.4 is 10.6 Å². The molecule has 6 heteroatoms. The van der Waals surface area contributed by atoms with E-state index in [2.05, 4.69) is 10.6 Å². The molecule has 0 aromatic heterocycles. The zero-order valence-corrected chi connectivity index (χ0v) is 12.7. The minimum atomic E-state index is -0.237. The van der Waals surface area contributed by atoms with E-state index in [1.165, 1.54) is 0 Å². The van der Waals surface area contributed by atoms with Crippen molar-refractivity contribution < 1.29 is 9.59 Å². The number of carbonyl (C=O) groups excluding carboxylic acids is 2. The van der Waals surface area contributed by atoms with Crippen LogP contribution in [0.1, 0.15) is 39.0 Å². The molecular formula is C13H26ClN3O2. The van der Waals surface area contributed by atoms with Crippen molar-refractivity contribution in [2.24, 2.45) is 0 Å². The summed E-state index contributed by atoms with van der Waals surface area (Å²) in [6.07, 6.45) is 4.03. The van der Waals surface area contributed by atoms with Gasteiger partial charge in [0, 0.05) is 19.5 Å². The second kappa shape index (κ2) is 10.0. The zero-order valence-electron chi connectivity index (χ0n) is 11.9. The van der Waals surface area contributed by atoms with Gasteiger partial charge >= 0.3 is 0 Å². The highest BCUT2D eigenvalue weighted by atomic mass is 35.5. The summed E-state index contributed by atoms with van der Waals surface area (Å²) in [7, 11) is 1.89. The van der Waals surface area contributed by atoms with Crippen molar-refractivity contribution >= 4 is 24.2 Å². The van der Waals surface area contributed by atoms with Gasteiger partial charge in [-0.15, -0.1) is 12.4 Å². The Labute approximate surface area is 121 Å². The first-order chi connectivity index (χ1) is 8.70. The highest BCUT2D eigenvalue weighted by molar-refractivity contribution is 5.88. The Morgan fingerprint density at radius 3 is 2.68 bits per heavy atom. The maximum atomic E-state index is 12.0. The lowest BCUT2D eigenvalue weighted by Crippen LogP contribution is -2.46. The Morgan fingerprint density at radius 1 is 1.32 bits per heavy atom. The molecular weight excluding hydrogens is 266 g/mol. The number of nitrogens with zero attached hydrogens (tertiary/aromatic N) is 1. The van der Waals surface area contributed by atoms with Crippen LogP contribution in [0.4, 0.5) is 0 Å². The molecule has 0 aromatic carbocycles. The molecule has 0 radical (unpaired) electrons. The van der Waals surface area contributed by atoms with E-state index in [-0.39, 0.29) is 30.3 Å². The molecule has 0 spiro atoms. The van der Waals surface area contributed by atoms with Crippen molar-refractivity contribution in [1.82, 2.24) is 15.5 Å². The van der Waals surface area contributed by atoms with Gasteiger partial charge in [-0.05, 0) is 39.3 Å². The zero-order chi connectivity index (χ0) is 13.4. The molecule has 0 saturated carbocycles. The Hall–Kier alpha value is -0.810. The third-order valence-electron chi connectivity index (χ3n) is 3.24. The molecule has 0 aromatic rings. The van der Waals surface area contributed by atoms with Crippen molar-refractivity contribution in [1.29, 1.82) is 0 Å². The maximum Gasteiger partial charge on any atom is 0.242 e. The highest BCUT2D eigenvalue weighted by Crippen LogP contribution is 2.18. The fourth-order valence-corrected chi connectivity index (χ4v) is 2.29. The average molecular weight is 292 g/mol. The second-order valence-corrected chi connectivity index (χ2v) is 4.74. The monoisotopic (exact) mass is 291 g/mol.